The van der Waals surface area contributed by atoms with Crippen molar-refractivity contribution in [1.82, 2.24) is 14.4 Å². The highest BCUT2D eigenvalue weighted by atomic mass is 32.2. The van der Waals surface area contributed by atoms with Crippen LogP contribution >= 0.6 is 11.8 Å². The van der Waals surface area contributed by atoms with Crippen LogP contribution in [0.5, 0.6) is 0 Å². The Morgan fingerprint density at radius 2 is 1.77 bits per heavy atom. The summed E-state index contributed by atoms with van der Waals surface area (Å²) >= 11 is 0.869. The molecule has 2 aromatic carbocycles. The molecule has 1 aromatic heterocycles. The minimum absolute atomic E-state index is 0.180. The van der Waals surface area contributed by atoms with Gasteiger partial charge in [0.25, 0.3) is 11.1 Å². The summed E-state index contributed by atoms with van der Waals surface area (Å²) in [5.41, 5.74) is 3.29. The fourth-order valence-corrected chi connectivity index (χ4v) is 5.46. The Labute approximate surface area is 207 Å². The molecule has 0 aliphatic carbocycles. The van der Waals surface area contributed by atoms with Gasteiger partial charge in [-0.05, 0) is 54.8 Å². The summed E-state index contributed by atoms with van der Waals surface area (Å²) in [6.45, 7) is 1.65. The summed E-state index contributed by atoms with van der Waals surface area (Å²) in [6.07, 6.45) is 6.67. The third kappa shape index (κ3) is 4.60. The number of thioether (sulfide) groups is 1. The van der Waals surface area contributed by atoms with Crippen molar-refractivity contribution in [3.05, 3.63) is 76.3 Å². The van der Waals surface area contributed by atoms with E-state index in [-0.39, 0.29) is 12.5 Å². The normalized spacial score (nSPS) is 17.4. The molecule has 3 heterocycles. The number of nitrogens with zero attached hydrogens (tertiary/aromatic N) is 4. The number of carbonyl (C=O) groups excluding carboxylic acids is 3. The van der Waals surface area contributed by atoms with E-state index in [1.807, 2.05) is 53.2 Å². The number of benzene rings is 2. The molecule has 3 aromatic rings. The Morgan fingerprint density at radius 1 is 1.03 bits per heavy atom. The smallest absolute Gasteiger partial charge is 0.294 e. The SMILES string of the molecule is N#Cc1ccccc1Cn1cc(C=C2SC(=O)N(CC(=O)N3CCCCC3)C2=O)c2ccccc21. The summed E-state index contributed by atoms with van der Waals surface area (Å²) in [7, 11) is 0. The van der Waals surface area contributed by atoms with E-state index in [0.29, 0.717) is 30.1 Å². The molecule has 176 valence electrons. The summed E-state index contributed by atoms with van der Waals surface area (Å²) in [5, 5.41) is 9.98. The minimum atomic E-state index is -0.433. The number of imide groups is 1. The molecular weight excluding hydrogens is 460 g/mol. The molecule has 5 rings (SSSR count). The second-order valence-corrected chi connectivity index (χ2v) is 9.70. The van der Waals surface area contributed by atoms with E-state index in [0.717, 1.165) is 58.0 Å². The van der Waals surface area contributed by atoms with Gasteiger partial charge in [0.1, 0.15) is 6.54 Å². The van der Waals surface area contributed by atoms with Crippen molar-refractivity contribution in [2.24, 2.45) is 0 Å². The largest absolute Gasteiger partial charge is 0.342 e. The molecule has 8 heteroatoms. The number of hydrogen-bond donors (Lipinski definition) is 0. The lowest BCUT2D eigenvalue weighted by molar-refractivity contribution is -0.136. The van der Waals surface area contributed by atoms with Crippen LogP contribution in [-0.2, 0) is 16.1 Å². The van der Waals surface area contributed by atoms with Gasteiger partial charge in [0, 0.05) is 42.3 Å². The molecule has 0 spiro atoms. The first-order chi connectivity index (χ1) is 17.0. The Morgan fingerprint density at radius 3 is 2.57 bits per heavy atom. The number of para-hydroxylation sites is 1. The maximum Gasteiger partial charge on any atom is 0.294 e. The van der Waals surface area contributed by atoms with Crippen molar-refractivity contribution in [2.45, 2.75) is 25.8 Å². The molecule has 3 amide bonds. The first-order valence-corrected chi connectivity index (χ1v) is 12.5. The van der Waals surface area contributed by atoms with E-state index >= 15 is 0 Å². The highest BCUT2D eigenvalue weighted by Gasteiger charge is 2.37. The van der Waals surface area contributed by atoms with Crippen LogP contribution in [0.15, 0.2) is 59.6 Å². The zero-order chi connectivity index (χ0) is 24.4. The van der Waals surface area contributed by atoms with Crippen molar-refractivity contribution < 1.29 is 14.4 Å². The Hall–Kier alpha value is -3.83. The number of piperidine rings is 1. The molecule has 2 aliphatic rings. The molecule has 2 saturated heterocycles. The van der Waals surface area contributed by atoms with Crippen LogP contribution in [0, 0.1) is 11.3 Å². The molecule has 0 N–H and O–H groups in total. The third-order valence-electron chi connectivity index (χ3n) is 6.46. The van der Waals surface area contributed by atoms with Crippen LogP contribution in [-0.4, -0.2) is 51.1 Å². The first-order valence-electron chi connectivity index (χ1n) is 11.6. The number of fused-ring (bicyclic) bond motifs is 1. The van der Waals surface area contributed by atoms with Gasteiger partial charge in [-0.25, -0.2) is 0 Å². The van der Waals surface area contributed by atoms with E-state index in [1.54, 1.807) is 17.0 Å². The summed E-state index contributed by atoms with van der Waals surface area (Å²) in [5.74, 6) is -0.613. The zero-order valence-corrected chi connectivity index (χ0v) is 20.0. The second kappa shape index (κ2) is 9.80. The average Bonchev–Trinajstić information content (AvgIpc) is 3.36. The van der Waals surface area contributed by atoms with Gasteiger partial charge >= 0.3 is 0 Å². The van der Waals surface area contributed by atoms with Gasteiger partial charge in [-0.15, -0.1) is 0 Å². The molecule has 0 unspecified atom stereocenters. The number of amides is 3. The number of rotatable bonds is 5. The predicted octanol–water partition coefficient (Wildman–Crippen LogP) is 4.61. The van der Waals surface area contributed by atoms with Crippen LogP contribution in [0.4, 0.5) is 4.79 Å². The molecule has 0 atom stereocenters. The molecule has 0 saturated carbocycles. The van der Waals surface area contributed by atoms with Crippen molar-refractivity contribution in [3.63, 3.8) is 0 Å². The summed E-state index contributed by atoms with van der Waals surface area (Å²) < 4.78 is 2.04. The lowest BCUT2D eigenvalue weighted by atomic mass is 10.1. The van der Waals surface area contributed by atoms with Gasteiger partial charge < -0.3 is 9.47 Å². The average molecular weight is 485 g/mol. The molecule has 35 heavy (non-hydrogen) atoms. The zero-order valence-electron chi connectivity index (χ0n) is 19.1. The molecule has 7 nitrogen and oxygen atoms in total. The molecule has 0 bridgehead atoms. The van der Waals surface area contributed by atoms with Gasteiger partial charge in [-0.2, -0.15) is 5.26 Å². The van der Waals surface area contributed by atoms with Gasteiger partial charge in [0.15, 0.2) is 0 Å². The lowest BCUT2D eigenvalue weighted by Gasteiger charge is -2.27. The molecule has 2 aliphatic heterocycles. The minimum Gasteiger partial charge on any atom is -0.342 e. The van der Waals surface area contributed by atoms with Crippen LogP contribution in [0.2, 0.25) is 0 Å². The van der Waals surface area contributed by atoms with Gasteiger partial charge in [-0.1, -0.05) is 36.4 Å². The van der Waals surface area contributed by atoms with Gasteiger partial charge in [-0.3, -0.25) is 19.3 Å². The second-order valence-electron chi connectivity index (χ2n) is 8.71. The summed E-state index contributed by atoms with van der Waals surface area (Å²) in [6, 6.07) is 17.5. The fraction of sp³-hybridized carbons (Fsp3) is 0.259. The van der Waals surface area contributed by atoms with Crippen molar-refractivity contribution in [1.29, 1.82) is 5.26 Å². The highest BCUT2D eigenvalue weighted by Crippen LogP contribution is 2.34. The molecule has 2 fully saturated rings. The van der Waals surface area contributed by atoms with E-state index in [2.05, 4.69) is 6.07 Å². The first kappa shape index (κ1) is 22.9. The number of nitriles is 1. The Bertz CT molecular complexity index is 1390. The van der Waals surface area contributed by atoms with Crippen LogP contribution in [0.25, 0.3) is 17.0 Å². The maximum absolute atomic E-state index is 13.1. The Kier molecular flexibility index (Phi) is 6.43. The van der Waals surface area contributed by atoms with E-state index < -0.39 is 11.1 Å². The van der Waals surface area contributed by atoms with Gasteiger partial charge in [0.2, 0.25) is 5.91 Å². The van der Waals surface area contributed by atoms with Crippen LogP contribution in [0.3, 0.4) is 0 Å². The van der Waals surface area contributed by atoms with Crippen LogP contribution < -0.4 is 0 Å². The lowest BCUT2D eigenvalue weighted by Crippen LogP contribution is -2.44. The van der Waals surface area contributed by atoms with E-state index in [9.17, 15) is 19.6 Å². The van der Waals surface area contributed by atoms with Crippen LogP contribution in [0.1, 0.15) is 36.0 Å². The standard InChI is InChI=1S/C27H24N4O3S/c28-15-19-8-2-3-9-20(19)16-30-17-21(22-10-4-5-11-23(22)30)14-24-26(33)31(27(34)35-24)18-25(32)29-12-6-1-7-13-29/h2-5,8-11,14,17H,1,6-7,12-13,16,18H2. The quantitative estimate of drug-likeness (QED) is 0.494. The van der Waals surface area contributed by atoms with Gasteiger partial charge in [0.05, 0.1) is 16.5 Å². The number of aromatic nitrogens is 1. The Balaban J connectivity index is 1.42. The highest BCUT2D eigenvalue weighted by molar-refractivity contribution is 8.18. The van der Waals surface area contributed by atoms with Crippen molar-refractivity contribution in [2.75, 3.05) is 19.6 Å². The molecule has 0 radical (unpaired) electrons. The predicted molar refractivity (Wildman–Crippen MR) is 135 cm³/mol. The van der Waals surface area contributed by atoms with Crippen molar-refractivity contribution >= 4 is 45.8 Å². The third-order valence-corrected chi connectivity index (χ3v) is 7.37. The summed E-state index contributed by atoms with van der Waals surface area (Å²) in [4.78, 5) is 41.4. The number of hydrogen-bond acceptors (Lipinski definition) is 5. The van der Waals surface area contributed by atoms with Crippen molar-refractivity contribution in [3.8, 4) is 6.07 Å². The monoisotopic (exact) mass is 484 g/mol. The number of carbonyl (C=O) groups is 3. The van der Waals surface area contributed by atoms with E-state index in [4.69, 9.17) is 0 Å². The maximum atomic E-state index is 13.1. The topological polar surface area (TPSA) is 86.4 Å². The fourth-order valence-electron chi connectivity index (χ4n) is 4.63. The number of likely N-dealkylation sites (tertiary alicyclic amines) is 1. The van der Waals surface area contributed by atoms with E-state index in [1.165, 1.54) is 0 Å². The molecular formula is C27H24N4O3S.